The molecule has 1 aliphatic rings. The Morgan fingerprint density at radius 1 is 1.56 bits per heavy atom. The number of aromatic amines is 1. The maximum absolute atomic E-state index is 11.5. The summed E-state index contributed by atoms with van der Waals surface area (Å²) in [5, 5.41) is 10.6. The second kappa shape index (κ2) is 4.28. The van der Waals surface area contributed by atoms with E-state index < -0.39 is 0 Å². The molecule has 2 aromatic rings. The number of fused-ring (bicyclic) bond motifs is 1. The number of anilines is 1. The number of alkyl halides is 1. The van der Waals surface area contributed by atoms with E-state index in [-0.39, 0.29) is 11.7 Å². The number of halogens is 1. The third kappa shape index (κ3) is 1.68. The van der Waals surface area contributed by atoms with E-state index in [0.29, 0.717) is 17.4 Å². The zero-order valence-electron chi connectivity index (χ0n) is 10.0. The van der Waals surface area contributed by atoms with Gasteiger partial charge in [0.05, 0.1) is 0 Å². The molecule has 0 spiro atoms. The molecule has 6 nitrogen and oxygen atoms in total. The molecule has 0 saturated carbocycles. The molecule has 0 amide bonds. The Kier molecular flexibility index (Phi) is 2.74. The van der Waals surface area contributed by atoms with Crippen LogP contribution in [0.3, 0.4) is 0 Å². The van der Waals surface area contributed by atoms with Crippen LogP contribution in [0, 0.1) is 5.92 Å². The van der Waals surface area contributed by atoms with E-state index in [4.69, 9.17) is 11.6 Å². The Bertz CT molecular complexity index is 621. The van der Waals surface area contributed by atoms with Gasteiger partial charge >= 0.3 is 5.69 Å². The van der Waals surface area contributed by atoms with Crippen molar-refractivity contribution in [1.82, 2.24) is 19.8 Å². The van der Waals surface area contributed by atoms with Gasteiger partial charge in [-0.25, -0.2) is 9.89 Å². The van der Waals surface area contributed by atoms with E-state index in [1.807, 2.05) is 6.07 Å². The lowest BCUT2D eigenvalue weighted by Gasteiger charge is -2.25. The first-order chi connectivity index (χ1) is 8.70. The molecule has 1 fully saturated rings. The summed E-state index contributed by atoms with van der Waals surface area (Å²) in [5.74, 6) is 1.89. The summed E-state index contributed by atoms with van der Waals surface area (Å²) in [6.07, 6.45) is 1.09. The largest absolute Gasteiger partial charge is 0.364 e. The number of rotatable bonds is 2. The van der Waals surface area contributed by atoms with Crippen LogP contribution in [0.1, 0.15) is 13.3 Å². The third-order valence-electron chi connectivity index (χ3n) is 3.59. The second-order valence-corrected chi connectivity index (χ2v) is 4.98. The van der Waals surface area contributed by atoms with E-state index in [2.05, 4.69) is 27.1 Å². The molecule has 2 atom stereocenters. The number of hydrogen-bond donors (Lipinski definition) is 1. The molecule has 7 heteroatoms. The summed E-state index contributed by atoms with van der Waals surface area (Å²) in [7, 11) is 0. The van der Waals surface area contributed by atoms with Gasteiger partial charge in [-0.15, -0.1) is 16.7 Å². The molecule has 1 saturated heterocycles. The molecule has 3 rings (SSSR count). The van der Waals surface area contributed by atoms with Crippen LogP contribution in [0.15, 0.2) is 16.9 Å². The van der Waals surface area contributed by atoms with Crippen LogP contribution < -0.4 is 10.6 Å². The molecule has 1 aliphatic heterocycles. The summed E-state index contributed by atoms with van der Waals surface area (Å²) < 4.78 is 1.28. The minimum Gasteiger partial charge on any atom is -0.351 e. The molecule has 2 unspecified atom stereocenters. The fourth-order valence-electron chi connectivity index (χ4n) is 2.47. The van der Waals surface area contributed by atoms with Crippen molar-refractivity contribution >= 4 is 23.1 Å². The zero-order valence-corrected chi connectivity index (χ0v) is 10.8. The number of nitrogens with one attached hydrogen (secondary N) is 1. The van der Waals surface area contributed by atoms with Gasteiger partial charge in [0, 0.05) is 18.5 Å². The zero-order chi connectivity index (χ0) is 12.7. The fourth-order valence-corrected chi connectivity index (χ4v) is 2.95. The highest BCUT2D eigenvalue weighted by molar-refractivity contribution is 6.18. The van der Waals surface area contributed by atoms with E-state index in [0.717, 1.165) is 18.8 Å². The fraction of sp³-hybridized carbons (Fsp3) is 0.545. The van der Waals surface area contributed by atoms with Crippen molar-refractivity contribution in [1.29, 1.82) is 0 Å². The highest BCUT2D eigenvalue weighted by Gasteiger charge is 2.31. The van der Waals surface area contributed by atoms with Crippen molar-refractivity contribution in [3.8, 4) is 0 Å². The van der Waals surface area contributed by atoms with Crippen LogP contribution in [0.25, 0.3) is 5.65 Å². The molecule has 0 bridgehead atoms. The monoisotopic (exact) mass is 267 g/mol. The smallest absolute Gasteiger partial charge is 0.351 e. The lowest BCUT2D eigenvalue weighted by molar-refractivity contribution is 0.547. The summed E-state index contributed by atoms with van der Waals surface area (Å²) in [6, 6.07) is 3.95. The molecule has 0 aromatic carbocycles. The minimum absolute atomic E-state index is 0.277. The van der Waals surface area contributed by atoms with Crippen LogP contribution >= 0.6 is 11.6 Å². The summed E-state index contributed by atoms with van der Waals surface area (Å²) in [5.41, 5.74) is 0.208. The van der Waals surface area contributed by atoms with E-state index in [9.17, 15) is 4.79 Å². The Hall–Kier alpha value is -1.56. The Labute approximate surface area is 109 Å². The van der Waals surface area contributed by atoms with Crippen molar-refractivity contribution in [3.63, 3.8) is 0 Å². The maximum Gasteiger partial charge on any atom is 0.364 e. The molecule has 96 valence electrons. The second-order valence-electron chi connectivity index (χ2n) is 4.67. The Balaban J connectivity index is 2.03. The third-order valence-corrected chi connectivity index (χ3v) is 3.91. The number of H-pyrrole nitrogens is 1. The van der Waals surface area contributed by atoms with Crippen LogP contribution in [0.2, 0.25) is 0 Å². The van der Waals surface area contributed by atoms with Gasteiger partial charge in [0.25, 0.3) is 0 Å². The SMILES string of the molecule is CC1CCN(c2ccc3n[nH]c(=O)n3n2)C1CCl. The van der Waals surface area contributed by atoms with Crippen LogP contribution in [0.4, 0.5) is 5.82 Å². The van der Waals surface area contributed by atoms with E-state index in [1.54, 1.807) is 6.07 Å². The number of aromatic nitrogens is 4. The van der Waals surface area contributed by atoms with Crippen molar-refractivity contribution in [2.45, 2.75) is 19.4 Å². The van der Waals surface area contributed by atoms with Crippen LogP contribution in [-0.2, 0) is 0 Å². The first kappa shape index (κ1) is 11.5. The van der Waals surface area contributed by atoms with Crippen molar-refractivity contribution in [3.05, 3.63) is 22.6 Å². The van der Waals surface area contributed by atoms with Gasteiger partial charge < -0.3 is 4.90 Å². The Morgan fingerprint density at radius 2 is 2.39 bits per heavy atom. The lowest BCUT2D eigenvalue weighted by Crippen LogP contribution is -2.34. The van der Waals surface area contributed by atoms with Crippen LogP contribution in [0.5, 0.6) is 0 Å². The van der Waals surface area contributed by atoms with E-state index >= 15 is 0 Å². The highest BCUT2D eigenvalue weighted by Crippen LogP contribution is 2.28. The van der Waals surface area contributed by atoms with Gasteiger partial charge in [-0.3, -0.25) is 0 Å². The average Bonchev–Trinajstić information content (AvgIpc) is 2.93. The molecular formula is C11H14ClN5O. The van der Waals surface area contributed by atoms with Crippen molar-refractivity contribution in [2.24, 2.45) is 5.92 Å². The standard InChI is InChI=1S/C11H14ClN5O/c1-7-4-5-16(8(7)6-12)10-3-2-9-13-14-11(18)17(9)15-10/h2-3,7-8H,4-6H2,1H3,(H,14,18). The number of hydrogen-bond acceptors (Lipinski definition) is 4. The van der Waals surface area contributed by atoms with Crippen LogP contribution in [-0.4, -0.2) is 38.3 Å². The first-order valence-corrected chi connectivity index (χ1v) is 6.51. The molecule has 0 aliphatic carbocycles. The van der Waals surface area contributed by atoms with Gasteiger partial charge in [0.2, 0.25) is 0 Å². The number of nitrogens with zero attached hydrogens (tertiary/aromatic N) is 4. The molecule has 0 radical (unpaired) electrons. The van der Waals surface area contributed by atoms with Gasteiger partial charge in [-0.05, 0) is 24.5 Å². The predicted octanol–water partition coefficient (Wildman–Crippen LogP) is 0.871. The van der Waals surface area contributed by atoms with Gasteiger partial charge in [0.15, 0.2) is 5.65 Å². The molecule has 3 heterocycles. The van der Waals surface area contributed by atoms with Gasteiger partial charge in [0.1, 0.15) is 5.82 Å². The first-order valence-electron chi connectivity index (χ1n) is 5.98. The molecular weight excluding hydrogens is 254 g/mol. The van der Waals surface area contributed by atoms with Crippen molar-refractivity contribution in [2.75, 3.05) is 17.3 Å². The van der Waals surface area contributed by atoms with E-state index in [1.165, 1.54) is 4.52 Å². The van der Waals surface area contributed by atoms with Crippen molar-refractivity contribution < 1.29 is 0 Å². The topological polar surface area (TPSA) is 66.3 Å². The predicted molar refractivity (Wildman–Crippen MR) is 69.2 cm³/mol. The highest BCUT2D eigenvalue weighted by atomic mass is 35.5. The Morgan fingerprint density at radius 3 is 3.17 bits per heavy atom. The van der Waals surface area contributed by atoms with Gasteiger partial charge in [-0.2, -0.15) is 9.61 Å². The average molecular weight is 268 g/mol. The molecule has 18 heavy (non-hydrogen) atoms. The summed E-state index contributed by atoms with van der Waals surface area (Å²) in [4.78, 5) is 13.7. The molecule has 1 N–H and O–H groups in total. The maximum atomic E-state index is 11.5. The summed E-state index contributed by atoms with van der Waals surface area (Å²) in [6.45, 7) is 3.11. The molecule has 2 aromatic heterocycles. The lowest BCUT2D eigenvalue weighted by atomic mass is 10.1. The summed E-state index contributed by atoms with van der Waals surface area (Å²) >= 11 is 6.02. The quantitative estimate of drug-likeness (QED) is 0.820. The van der Waals surface area contributed by atoms with Gasteiger partial charge in [-0.1, -0.05) is 6.92 Å². The normalized spacial score (nSPS) is 24.0. The minimum atomic E-state index is -0.318.